The fourth-order valence-electron chi connectivity index (χ4n) is 4.42. The molecule has 0 aromatic carbocycles. The van der Waals surface area contributed by atoms with Crippen molar-refractivity contribution in [1.82, 2.24) is 9.80 Å². The molecule has 3 fully saturated rings. The van der Waals surface area contributed by atoms with Gasteiger partial charge in [0.15, 0.2) is 0 Å². The van der Waals surface area contributed by atoms with Gasteiger partial charge >= 0.3 is 0 Å². The van der Waals surface area contributed by atoms with E-state index >= 15 is 0 Å². The molecule has 160 valence electrons. The zero-order valence-electron chi connectivity index (χ0n) is 18.3. The number of amides is 2. The van der Waals surface area contributed by atoms with E-state index in [0.29, 0.717) is 0 Å². The summed E-state index contributed by atoms with van der Waals surface area (Å²) in [5, 5.41) is 22.6. The van der Waals surface area contributed by atoms with Crippen LogP contribution in [0.5, 0.6) is 0 Å². The normalized spacial score (nSPS) is 41.1. The number of carbonyl (C=O) groups excluding carboxylic acids is 2. The predicted molar refractivity (Wildman–Crippen MR) is 101 cm³/mol. The second-order valence-corrected chi connectivity index (χ2v) is 11.1. The monoisotopic (exact) mass is 398 g/mol. The van der Waals surface area contributed by atoms with Gasteiger partial charge in [0.05, 0.1) is 26.2 Å². The van der Waals surface area contributed by atoms with Gasteiger partial charge < -0.3 is 29.5 Å². The average Bonchev–Trinajstić information content (AvgIpc) is 2.87. The van der Waals surface area contributed by atoms with Crippen LogP contribution in [0.2, 0.25) is 0 Å². The Balaban J connectivity index is 1.90. The molecule has 3 rings (SSSR count). The van der Waals surface area contributed by atoms with Crippen LogP contribution in [0.25, 0.3) is 0 Å². The maximum Gasteiger partial charge on any atom is 0.228 e. The Morgan fingerprint density at radius 3 is 1.25 bits per heavy atom. The van der Waals surface area contributed by atoms with Crippen LogP contribution in [0.4, 0.5) is 0 Å². The maximum atomic E-state index is 12.7. The van der Waals surface area contributed by atoms with Gasteiger partial charge in [0, 0.05) is 10.8 Å². The fourth-order valence-corrected chi connectivity index (χ4v) is 4.42. The van der Waals surface area contributed by atoms with Crippen molar-refractivity contribution in [1.29, 1.82) is 0 Å². The Morgan fingerprint density at radius 2 is 1.00 bits per heavy atom. The number of likely N-dealkylation sites (tertiary alicyclic amines) is 2. The molecule has 2 N–H and O–H groups in total. The Labute approximate surface area is 166 Å². The highest BCUT2D eigenvalue weighted by molar-refractivity contribution is 5.82. The summed E-state index contributed by atoms with van der Waals surface area (Å²) >= 11 is 0. The van der Waals surface area contributed by atoms with E-state index in [9.17, 15) is 19.8 Å². The number of aliphatic hydroxyl groups is 2. The van der Waals surface area contributed by atoms with Gasteiger partial charge in [-0.2, -0.15) is 0 Å². The topological polar surface area (TPSA) is 99.5 Å². The van der Waals surface area contributed by atoms with Crippen molar-refractivity contribution in [3.05, 3.63) is 0 Å². The minimum atomic E-state index is -1.78. The number of nitrogens with zero attached hydrogens (tertiary/aromatic N) is 2. The summed E-state index contributed by atoms with van der Waals surface area (Å²) in [4.78, 5) is 28.5. The van der Waals surface area contributed by atoms with Crippen molar-refractivity contribution >= 4 is 11.8 Å². The lowest BCUT2D eigenvalue weighted by atomic mass is 9.89. The van der Waals surface area contributed by atoms with Gasteiger partial charge in [0.1, 0.15) is 11.2 Å². The molecule has 0 unspecified atom stereocenters. The molecular weight excluding hydrogens is 364 g/mol. The summed E-state index contributed by atoms with van der Waals surface area (Å²) in [6, 6.07) is 0. The van der Waals surface area contributed by atoms with Gasteiger partial charge in [-0.05, 0) is 13.8 Å². The van der Waals surface area contributed by atoms with Crippen LogP contribution < -0.4 is 0 Å². The van der Waals surface area contributed by atoms with Gasteiger partial charge in [-0.3, -0.25) is 9.59 Å². The SMILES string of the molecule is CC(C)(C)C(=O)N1C[C@@]2(O)O[C@@]3(C)CN(C(=O)C(C)(C)C)C[C@]3(O)O[C@@]2(C)C1. The summed E-state index contributed by atoms with van der Waals surface area (Å²) in [7, 11) is 0. The molecule has 0 spiro atoms. The molecule has 0 aromatic rings. The first kappa shape index (κ1) is 21.5. The quantitative estimate of drug-likeness (QED) is 0.623. The third kappa shape index (κ3) is 2.96. The van der Waals surface area contributed by atoms with Crippen LogP contribution in [0, 0.1) is 10.8 Å². The van der Waals surface area contributed by atoms with Crippen LogP contribution in [0.3, 0.4) is 0 Å². The Kier molecular flexibility index (Phi) is 4.36. The van der Waals surface area contributed by atoms with Crippen LogP contribution in [0.15, 0.2) is 0 Å². The summed E-state index contributed by atoms with van der Waals surface area (Å²) in [6.45, 7) is 14.2. The van der Waals surface area contributed by atoms with Crippen LogP contribution >= 0.6 is 0 Å². The van der Waals surface area contributed by atoms with Crippen molar-refractivity contribution in [2.24, 2.45) is 10.8 Å². The Hall–Kier alpha value is -1.22. The molecular formula is C20H34N2O6. The van der Waals surface area contributed by atoms with Gasteiger partial charge in [-0.1, -0.05) is 41.5 Å². The number of ether oxygens (including phenoxy) is 2. The molecule has 3 aliphatic heterocycles. The summed E-state index contributed by atoms with van der Waals surface area (Å²) in [6.07, 6.45) is 0. The molecule has 0 saturated carbocycles. The van der Waals surface area contributed by atoms with Crippen molar-refractivity contribution < 1.29 is 29.3 Å². The van der Waals surface area contributed by atoms with E-state index in [2.05, 4.69) is 0 Å². The Morgan fingerprint density at radius 1 is 0.714 bits per heavy atom. The van der Waals surface area contributed by atoms with Crippen molar-refractivity contribution in [2.75, 3.05) is 26.2 Å². The highest BCUT2D eigenvalue weighted by Crippen LogP contribution is 2.52. The van der Waals surface area contributed by atoms with E-state index in [1.54, 1.807) is 13.8 Å². The molecule has 0 aliphatic carbocycles. The first-order valence-corrected chi connectivity index (χ1v) is 9.80. The molecule has 0 bridgehead atoms. The van der Waals surface area contributed by atoms with Crippen LogP contribution in [0.1, 0.15) is 55.4 Å². The summed E-state index contributed by atoms with van der Waals surface area (Å²) in [5.74, 6) is -3.82. The number of rotatable bonds is 0. The van der Waals surface area contributed by atoms with E-state index in [0.717, 1.165) is 0 Å². The van der Waals surface area contributed by atoms with Gasteiger partial charge in [-0.25, -0.2) is 0 Å². The number of fused-ring (bicyclic) bond motifs is 2. The van der Waals surface area contributed by atoms with Crippen molar-refractivity contribution in [3.8, 4) is 0 Å². The lowest BCUT2D eigenvalue weighted by Crippen LogP contribution is -2.73. The third-order valence-corrected chi connectivity index (χ3v) is 6.09. The highest BCUT2D eigenvalue weighted by Gasteiger charge is 2.73. The molecule has 4 atom stereocenters. The van der Waals surface area contributed by atoms with E-state index in [1.165, 1.54) is 9.80 Å². The van der Waals surface area contributed by atoms with Crippen LogP contribution in [-0.2, 0) is 19.1 Å². The third-order valence-electron chi connectivity index (χ3n) is 6.09. The van der Waals surface area contributed by atoms with Crippen molar-refractivity contribution in [3.63, 3.8) is 0 Å². The number of hydrogen-bond donors (Lipinski definition) is 2. The lowest BCUT2D eigenvalue weighted by Gasteiger charge is -2.54. The number of β-amino-alcohol motifs (C(OH)–C–C–N with tert-alkyl or cyclic N) is 2. The zero-order valence-corrected chi connectivity index (χ0v) is 18.3. The second kappa shape index (κ2) is 5.68. The molecule has 0 radical (unpaired) electrons. The smallest absolute Gasteiger partial charge is 0.228 e. The van der Waals surface area contributed by atoms with Gasteiger partial charge in [-0.15, -0.1) is 0 Å². The molecule has 3 saturated heterocycles. The molecule has 3 aliphatic rings. The highest BCUT2D eigenvalue weighted by atomic mass is 16.8. The Bertz CT molecular complexity index is 620. The largest absolute Gasteiger partial charge is 0.362 e. The predicted octanol–water partition coefficient (Wildman–Crippen LogP) is 0.704. The summed E-state index contributed by atoms with van der Waals surface area (Å²) < 4.78 is 12.2. The molecule has 8 nitrogen and oxygen atoms in total. The maximum absolute atomic E-state index is 12.7. The lowest BCUT2D eigenvalue weighted by molar-refractivity contribution is -0.454. The summed E-state index contributed by atoms with van der Waals surface area (Å²) in [5.41, 5.74) is -3.87. The van der Waals surface area contributed by atoms with Gasteiger partial charge in [0.25, 0.3) is 0 Å². The minimum Gasteiger partial charge on any atom is -0.362 e. The zero-order chi connectivity index (χ0) is 21.6. The van der Waals surface area contributed by atoms with E-state index in [-0.39, 0.29) is 38.0 Å². The molecule has 3 heterocycles. The molecule has 8 heteroatoms. The first-order valence-electron chi connectivity index (χ1n) is 9.80. The second-order valence-electron chi connectivity index (χ2n) is 11.1. The van der Waals surface area contributed by atoms with Gasteiger partial charge in [0.2, 0.25) is 23.4 Å². The van der Waals surface area contributed by atoms with E-state index in [1.807, 2.05) is 41.5 Å². The number of carbonyl (C=O) groups is 2. The first-order chi connectivity index (χ1) is 12.4. The molecule has 28 heavy (non-hydrogen) atoms. The molecule has 2 amide bonds. The van der Waals surface area contributed by atoms with E-state index in [4.69, 9.17) is 9.47 Å². The standard InChI is InChI=1S/C20H34N2O6/c1-15(2,3)13(23)21-9-17(7)19(25,11-21)28-18(8)10-22(12-20(18,26)27-17)14(24)16(4,5)6/h25-26H,9-12H2,1-8H3/t17-,18-,19-,20+/m0/s1. The van der Waals surface area contributed by atoms with E-state index < -0.39 is 33.6 Å². The average molecular weight is 399 g/mol. The minimum absolute atomic E-state index is 0.0571. The van der Waals surface area contributed by atoms with Crippen molar-refractivity contribution in [2.45, 2.75) is 78.2 Å². The number of hydrogen-bond acceptors (Lipinski definition) is 6. The van der Waals surface area contributed by atoms with Crippen LogP contribution in [-0.4, -0.2) is 80.8 Å². The fraction of sp³-hybridized carbons (Fsp3) is 0.900. The molecule has 0 aromatic heterocycles.